The second-order valence-electron chi connectivity index (χ2n) is 8.41. The monoisotopic (exact) mass is 436 g/mol. The highest BCUT2D eigenvalue weighted by molar-refractivity contribution is 6.14. The van der Waals surface area contributed by atoms with Gasteiger partial charge in [-0.05, 0) is 43.0 Å². The van der Waals surface area contributed by atoms with Crippen LogP contribution in [-0.4, -0.2) is 69.6 Å². The molecular weight excluding hydrogens is 404 g/mol. The van der Waals surface area contributed by atoms with E-state index in [2.05, 4.69) is 45.9 Å². The molecular formula is C25H32N4O3. The van der Waals surface area contributed by atoms with Gasteiger partial charge in [-0.15, -0.1) is 0 Å². The van der Waals surface area contributed by atoms with Crippen LogP contribution < -0.4 is 10.2 Å². The standard InChI is InChI=1S/C25H32N4O3/c1-19(20-7-8-24-25(17-20)32-16-15-31-24)27-21-9-12-29(13-10-21)18-28(2)23-6-4-3-5-22(23)26-11-14-30/h3-7,11,14,17,21,24,27H,1,8-10,12-13,15-16,18H2,2H3. The molecule has 2 fully saturated rings. The van der Waals surface area contributed by atoms with Gasteiger partial charge in [0.15, 0.2) is 6.29 Å². The highest BCUT2D eigenvalue weighted by atomic mass is 16.6. The molecule has 3 aliphatic rings. The number of likely N-dealkylation sites (tertiary alicyclic amines) is 1. The van der Waals surface area contributed by atoms with E-state index in [-0.39, 0.29) is 6.10 Å². The molecule has 0 radical (unpaired) electrons. The predicted molar refractivity (Wildman–Crippen MR) is 127 cm³/mol. The molecule has 1 aromatic rings. The molecule has 0 aromatic heterocycles. The molecule has 1 aliphatic carbocycles. The molecule has 4 rings (SSSR count). The summed E-state index contributed by atoms with van der Waals surface area (Å²) < 4.78 is 11.5. The van der Waals surface area contributed by atoms with E-state index in [0.29, 0.717) is 25.5 Å². The fourth-order valence-corrected chi connectivity index (χ4v) is 4.43. The molecule has 1 unspecified atom stereocenters. The molecule has 0 amide bonds. The van der Waals surface area contributed by atoms with Gasteiger partial charge in [-0.25, -0.2) is 0 Å². The van der Waals surface area contributed by atoms with Crippen LogP contribution in [-0.2, 0) is 14.3 Å². The van der Waals surface area contributed by atoms with E-state index in [1.807, 2.05) is 24.3 Å². The Morgan fingerprint density at radius 1 is 1.31 bits per heavy atom. The van der Waals surface area contributed by atoms with Crippen molar-refractivity contribution in [2.24, 2.45) is 4.99 Å². The summed E-state index contributed by atoms with van der Waals surface area (Å²) in [5.74, 6) is 0.923. The zero-order valence-electron chi connectivity index (χ0n) is 18.7. The molecule has 2 aliphatic heterocycles. The summed E-state index contributed by atoms with van der Waals surface area (Å²) in [4.78, 5) is 19.5. The van der Waals surface area contributed by atoms with E-state index in [1.54, 1.807) is 0 Å². The number of carbonyl (C=O) groups excluding carboxylic acids is 1. The Kier molecular flexibility index (Phi) is 7.39. The molecule has 2 saturated heterocycles. The predicted octanol–water partition coefficient (Wildman–Crippen LogP) is 3.18. The number of hydrogen-bond acceptors (Lipinski definition) is 7. The average molecular weight is 437 g/mol. The first-order valence-corrected chi connectivity index (χ1v) is 11.3. The molecule has 2 heterocycles. The van der Waals surface area contributed by atoms with Gasteiger partial charge in [0, 0.05) is 31.9 Å². The number of fused-ring (bicyclic) bond motifs is 1. The van der Waals surface area contributed by atoms with Crippen LogP contribution in [0.15, 0.2) is 65.0 Å². The van der Waals surface area contributed by atoms with E-state index in [1.165, 1.54) is 6.21 Å². The Morgan fingerprint density at radius 3 is 2.94 bits per heavy atom. The van der Waals surface area contributed by atoms with Crippen molar-refractivity contribution in [1.29, 1.82) is 0 Å². The van der Waals surface area contributed by atoms with Gasteiger partial charge in [-0.2, -0.15) is 0 Å². The van der Waals surface area contributed by atoms with Crippen LogP contribution in [0.3, 0.4) is 0 Å². The second kappa shape index (κ2) is 10.6. The lowest BCUT2D eigenvalue weighted by molar-refractivity contribution is -0.102. The van der Waals surface area contributed by atoms with Crippen LogP contribution in [0.25, 0.3) is 0 Å². The van der Waals surface area contributed by atoms with Gasteiger partial charge in [-0.3, -0.25) is 14.7 Å². The number of rotatable bonds is 8. The lowest BCUT2D eigenvalue weighted by atomic mass is 9.99. The van der Waals surface area contributed by atoms with Crippen molar-refractivity contribution in [3.8, 4) is 0 Å². The summed E-state index contributed by atoms with van der Waals surface area (Å²) >= 11 is 0. The number of benzene rings is 1. The van der Waals surface area contributed by atoms with Crippen LogP contribution in [0.1, 0.15) is 19.3 Å². The molecule has 0 spiro atoms. The number of para-hydroxylation sites is 2. The smallest absolute Gasteiger partial charge is 0.161 e. The van der Waals surface area contributed by atoms with E-state index in [4.69, 9.17) is 9.47 Å². The van der Waals surface area contributed by atoms with Crippen LogP contribution in [0.2, 0.25) is 0 Å². The largest absolute Gasteiger partial charge is 0.493 e. The highest BCUT2D eigenvalue weighted by Crippen LogP contribution is 2.29. The average Bonchev–Trinajstić information content (AvgIpc) is 2.83. The maximum atomic E-state index is 10.6. The minimum atomic E-state index is 0.0646. The van der Waals surface area contributed by atoms with Crippen molar-refractivity contribution >= 4 is 23.9 Å². The number of allylic oxidation sites excluding steroid dienone is 1. The third-order valence-electron chi connectivity index (χ3n) is 6.13. The first-order chi connectivity index (χ1) is 15.6. The maximum absolute atomic E-state index is 10.6. The van der Waals surface area contributed by atoms with Gasteiger partial charge >= 0.3 is 0 Å². The summed E-state index contributed by atoms with van der Waals surface area (Å²) in [5, 5.41) is 3.63. The molecule has 1 aromatic carbocycles. The highest BCUT2D eigenvalue weighted by Gasteiger charge is 2.26. The molecule has 32 heavy (non-hydrogen) atoms. The minimum Gasteiger partial charge on any atom is -0.493 e. The maximum Gasteiger partial charge on any atom is 0.161 e. The number of ether oxygens (including phenoxy) is 2. The van der Waals surface area contributed by atoms with Crippen molar-refractivity contribution in [2.75, 3.05) is 44.9 Å². The fourth-order valence-electron chi connectivity index (χ4n) is 4.43. The summed E-state index contributed by atoms with van der Waals surface area (Å²) in [5.41, 5.74) is 3.89. The third kappa shape index (κ3) is 5.47. The lowest BCUT2D eigenvalue weighted by Gasteiger charge is -2.36. The SMILES string of the molecule is C=C(NC1CCN(CN(C)c2ccccc2N=CC=O)CC1)C1=CCC2OCCOC2=C1. The number of hydrogen-bond donors (Lipinski definition) is 1. The molecule has 1 N–H and O–H groups in total. The zero-order valence-corrected chi connectivity index (χ0v) is 18.7. The molecule has 0 bridgehead atoms. The van der Waals surface area contributed by atoms with Gasteiger partial charge in [0.2, 0.25) is 0 Å². The number of nitrogens with one attached hydrogen (secondary N) is 1. The number of anilines is 1. The minimum absolute atomic E-state index is 0.0646. The van der Waals surface area contributed by atoms with Crippen molar-refractivity contribution in [1.82, 2.24) is 10.2 Å². The van der Waals surface area contributed by atoms with Crippen molar-refractivity contribution in [2.45, 2.75) is 31.4 Å². The second-order valence-corrected chi connectivity index (χ2v) is 8.41. The lowest BCUT2D eigenvalue weighted by Crippen LogP contribution is -2.46. The fraction of sp³-hybridized carbons (Fsp3) is 0.440. The third-order valence-corrected chi connectivity index (χ3v) is 6.13. The van der Waals surface area contributed by atoms with E-state index < -0.39 is 0 Å². The summed E-state index contributed by atoms with van der Waals surface area (Å²) in [6.07, 6.45) is 9.27. The van der Waals surface area contributed by atoms with Gasteiger partial charge in [0.25, 0.3) is 0 Å². The summed E-state index contributed by atoms with van der Waals surface area (Å²) in [6, 6.07) is 8.30. The molecule has 0 saturated carbocycles. The number of piperidine rings is 1. The van der Waals surface area contributed by atoms with Gasteiger partial charge in [-0.1, -0.05) is 24.8 Å². The van der Waals surface area contributed by atoms with Crippen molar-refractivity contribution in [3.05, 3.63) is 60.0 Å². The van der Waals surface area contributed by atoms with Gasteiger partial charge in [0.1, 0.15) is 18.5 Å². The number of aldehydes is 1. The Labute approximate surface area is 190 Å². The Hall–Kier alpha value is -2.90. The number of aliphatic imine (C=N–C) groups is 1. The Morgan fingerprint density at radius 2 is 2.12 bits per heavy atom. The number of carbonyl (C=O) groups is 1. The van der Waals surface area contributed by atoms with Crippen LogP contribution in [0.4, 0.5) is 11.4 Å². The summed E-state index contributed by atoms with van der Waals surface area (Å²) in [7, 11) is 2.06. The van der Waals surface area contributed by atoms with E-state index in [9.17, 15) is 4.79 Å². The van der Waals surface area contributed by atoms with Crippen LogP contribution in [0, 0.1) is 0 Å². The summed E-state index contributed by atoms with van der Waals surface area (Å²) in [6.45, 7) is 8.39. The Bertz CT molecular complexity index is 916. The first-order valence-electron chi connectivity index (χ1n) is 11.3. The zero-order chi connectivity index (χ0) is 22.3. The first kappa shape index (κ1) is 22.3. The van der Waals surface area contributed by atoms with Crippen LogP contribution >= 0.6 is 0 Å². The molecule has 170 valence electrons. The normalized spacial score (nSPS) is 21.8. The van der Waals surface area contributed by atoms with Gasteiger partial charge < -0.3 is 19.7 Å². The van der Waals surface area contributed by atoms with Crippen LogP contribution in [0.5, 0.6) is 0 Å². The van der Waals surface area contributed by atoms with Crippen molar-refractivity contribution < 1.29 is 14.3 Å². The quantitative estimate of drug-likeness (QED) is 0.499. The molecule has 7 nitrogen and oxygen atoms in total. The van der Waals surface area contributed by atoms with E-state index >= 15 is 0 Å². The van der Waals surface area contributed by atoms with E-state index in [0.717, 1.165) is 67.4 Å². The Balaban J connectivity index is 1.26. The topological polar surface area (TPSA) is 66.4 Å². The van der Waals surface area contributed by atoms with Gasteiger partial charge in [0.05, 0.1) is 30.9 Å². The van der Waals surface area contributed by atoms with Crippen molar-refractivity contribution in [3.63, 3.8) is 0 Å². The number of nitrogens with zero attached hydrogens (tertiary/aromatic N) is 3. The molecule has 7 heteroatoms. The molecule has 1 atom stereocenters.